The molecule has 3 aromatic carbocycles. The van der Waals surface area contributed by atoms with Gasteiger partial charge in [-0.15, -0.1) is 0 Å². The number of halogens is 3. The molecule has 0 unspecified atom stereocenters. The quantitative estimate of drug-likeness (QED) is 0.288. The topological polar surface area (TPSA) is 21.7 Å². The number of benzene rings is 3. The maximum atomic E-state index is 13.4. The molecule has 1 saturated heterocycles. The summed E-state index contributed by atoms with van der Waals surface area (Å²) in [7, 11) is -0.522. The van der Waals surface area contributed by atoms with Crippen LogP contribution < -0.4 is 0 Å². The Morgan fingerprint density at radius 1 is 0.730 bits per heavy atom. The molecule has 3 nitrogen and oxygen atoms in total. The normalized spacial score (nSPS) is 18.7. The molecule has 1 aliphatic rings. The molecule has 2 atom stereocenters. The monoisotopic (exact) mass is 509 g/mol. The maximum Gasteiger partial charge on any atom is 0.462 e. The minimum Gasteiger partial charge on any atom is -0.403 e. The van der Waals surface area contributed by atoms with Crippen molar-refractivity contribution in [3.63, 3.8) is 0 Å². The summed E-state index contributed by atoms with van der Waals surface area (Å²) in [6, 6.07) is 25.5. The van der Waals surface area contributed by atoms with Crippen LogP contribution in [-0.4, -0.2) is 23.2 Å². The van der Waals surface area contributed by atoms with E-state index in [1.54, 1.807) is 12.1 Å². The molecule has 1 fully saturated rings. The average molecular weight is 509 g/mol. The first kappa shape index (κ1) is 27.4. The number of hydrogen-bond donors (Lipinski definition) is 0. The molecule has 37 heavy (non-hydrogen) atoms. The van der Waals surface area contributed by atoms with Crippen molar-refractivity contribution in [2.75, 3.05) is 0 Å². The van der Waals surface area contributed by atoms with Crippen molar-refractivity contribution in [2.24, 2.45) is 0 Å². The van der Waals surface area contributed by atoms with E-state index >= 15 is 0 Å². The fraction of sp³-hybridized carbons (Fsp3) is 0.400. The third-order valence-electron chi connectivity index (χ3n) is 7.63. The van der Waals surface area contributed by atoms with Gasteiger partial charge in [0.1, 0.15) is 0 Å². The molecule has 0 amide bonds. The summed E-state index contributed by atoms with van der Waals surface area (Å²) in [5, 5.41) is 0. The zero-order valence-corrected chi connectivity index (χ0v) is 22.1. The van der Waals surface area contributed by atoms with Crippen LogP contribution in [0.25, 0.3) is 0 Å². The highest BCUT2D eigenvalue weighted by Crippen LogP contribution is 2.46. The van der Waals surface area contributed by atoms with Crippen LogP contribution >= 0.6 is 0 Å². The predicted molar refractivity (Wildman–Crippen MR) is 142 cm³/mol. The highest BCUT2D eigenvalue weighted by molar-refractivity contribution is 6.47. The lowest BCUT2D eigenvalue weighted by atomic mass is 9.66. The minimum absolute atomic E-state index is 0.176. The largest absolute Gasteiger partial charge is 0.462 e. The van der Waals surface area contributed by atoms with Crippen molar-refractivity contribution >= 4 is 7.12 Å². The Hall–Kier alpha value is -2.61. The Morgan fingerprint density at radius 3 is 1.57 bits per heavy atom. The number of nitrogens with zero attached hydrogens (tertiary/aromatic N) is 1. The second-order valence-electron chi connectivity index (χ2n) is 10.9. The van der Waals surface area contributed by atoms with E-state index in [0.717, 1.165) is 16.7 Å². The van der Waals surface area contributed by atoms with Gasteiger partial charge in [-0.2, -0.15) is 13.2 Å². The molecule has 0 N–H and O–H groups in total. The molecule has 0 aliphatic carbocycles. The Balaban J connectivity index is 1.76. The molecular formula is C30H35BF3NO2. The van der Waals surface area contributed by atoms with E-state index in [1.165, 1.54) is 12.1 Å². The third-order valence-corrected chi connectivity index (χ3v) is 7.63. The van der Waals surface area contributed by atoms with Crippen LogP contribution in [0.1, 0.15) is 62.9 Å². The van der Waals surface area contributed by atoms with Gasteiger partial charge in [-0.25, -0.2) is 0 Å². The Kier molecular flexibility index (Phi) is 7.89. The Bertz CT molecular complexity index is 1090. The molecule has 4 rings (SSSR count). The zero-order valence-electron chi connectivity index (χ0n) is 22.1. The van der Waals surface area contributed by atoms with Gasteiger partial charge in [0.15, 0.2) is 0 Å². The van der Waals surface area contributed by atoms with Crippen molar-refractivity contribution in [2.45, 2.75) is 76.9 Å². The molecular weight excluding hydrogens is 474 g/mol. The van der Waals surface area contributed by atoms with Gasteiger partial charge in [-0.05, 0) is 56.5 Å². The second kappa shape index (κ2) is 10.6. The lowest BCUT2D eigenvalue weighted by Gasteiger charge is -2.37. The number of rotatable bonds is 8. The first-order valence-corrected chi connectivity index (χ1v) is 12.7. The van der Waals surface area contributed by atoms with Crippen LogP contribution in [0, 0.1) is 0 Å². The van der Waals surface area contributed by atoms with Crippen molar-refractivity contribution in [1.82, 2.24) is 4.90 Å². The smallest absolute Gasteiger partial charge is 0.403 e. The van der Waals surface area contributed by atoms with Gasteiger partial charge in [0.25, 0.3) is 0 Å². The van der Waals surface area contributed by atoms with E-state index in [9.17, 15) is 13.2 Å². The van der Waals surface area contributed by atoms with Crippen molar-refractivity contribution in [1.29, 1.82) is 0 Å². The zero-order chi connectivity index (χ0) is 26.8. The molecule has 1 aliphatic heterocycles. The van der Waals surface area contributed by atoms with Gasteiger partial charge in [0, 0.05) is 24.9 Å². The lowest BCUT2D eigenvalue weighted by Crippen LogP contribution is -2.41. The molecule has 0 bridgehead atoms. The molecule has 0 saturated carbocycles. The molecule has 7 heteroatoms. The fourth-order valence-corrected chi connectivity index (χ4v) is 4.86. The van der Waals surface area contributed by atoms with E-state index in [4.69, 9.17) is 9.31 Å². The van der Waals surface area contributed by atoms with Crippen LogP contribution in [0.3, 0.4) is 0 Å². The van der Waals surface area contributed by atoms with Gasteiger partial charge >= 0.3 is 13.3 Å². The molecule has 196 valence electrons. The predicted octanol–water partition coefficient (Wildman–Crippen LogP) is 7.93. The van der Waals surface area contributed by atoms with Crippen LogP contribution in [0.15, 0.2) is 84.9 Å². The number of alkyl halides is 3. The molecule has 3 aromatic rings. The molecule has 0 aromatic heterocycles. The summed E-state index contributed by atoms with van der Waals surface area (Å²) in [4.78, 5) is 2.31. The molecule has 0 radical (unpaired) electrons. The first-order valence-electron chi connectivity index (χ1n) is 12.7. The van der Waals surface area contributed by atoms with Crippen LogP contribution in [0.4, 0.5) is 13.2 Å². The van der Waals surface area contributed by atoms with Crippen LogP contribution in [0.2, 0.25) is 5.82 Å². The third kappa shape index (κ3) is 6.28. The maximum absolute atomic E-state index is 13.4. The van der Waals surface area contributed by atoms with Gasteiger partial charge in [0.05, 0.1) is 16.8 Å². The summed E-state index contributed by atoms with van der Waals surface area (Å²) < 4.78 is 53.0. The average Bonchev–Trinajstić information content (AvgIpc) is 3.07. The highest BCUT2D eigenvalue weighted by atomic mass is 19.4. The van der Waals surface area contributed by atoms with Crippen LogP contribution in [-0.2, 0) is 28.6 Å². The minimum atomic E-state index is -4.39. The summed E-state index contributed by atoms with van der Waals surface area (Å²) in [5.74, 6) is -0.176. The van der Waals surface area contributed by atoms with Gasteiger partial charge in [0.2, 0.25) is 0 Å². The van der Waals surface area contributed by atoms with Gasteiger partial charge < -0.3 is 9.31 Å². The first-order chi connectivity index (χ1) is 17.4. The fourth-order valence-electron chi connectivity index (χ4n) is 4.86. The van der Waals surface area contributed by atoms with Gasteiger partial charge in [-0.3, -0.25) is 4.90 Å². The summed E-state index contributed by atoms with van der Waals surface area (Å²) in [6.45, 7) is 11.3. The Morgan fingerprint density at radius 2 is 1.16 bits per heavy atom. The van der Waals surface area contributed by atoms with Crippen molar-refractivity contribution in [3.05, 3.63) is 107 Å². The van der Waals surface area contributed by atoms with E-state index in [0.29, 0.717) is 13.1 Å². The Labute approximate surface area is 218 Å². The van der Waals surface area contributed by atoms with E-state index < -0.39 is 30.1 Å². The van der Waals surface area contributed by atoms with E-state index in [-0.39, 0.29) is 11.9 Å². The highest BCUT2D eigenvalue weighted by Gasteiger charge is 2.54. The van der Waals surface area contributed by atoms with E-state index in [2.05, 4.69) is 36.1 Å². The molecule has 1 heterocycles. The number of hydrogen-bond acceptors (Lipinski definition) is 3. The standard InChI is InChI=1S/C30H35BF3NO2/c1-22(31-36-28(2,3)29(4,5)37-31)27(25-16-18-26(19-17-25)30(32,33)34)35(20-23-12-8-6-9-13-23)21-24-14-10-7-11-15-24/h6-19,22,27H,20-21H2,1-5H3/t22-,27-/m1/s1. The second-order valence-corrected chi connectivity index (χ2v) is 10.9. The van der Waals surface area contributed by atoms with Gasteiger partial charge in [-0.1, -0.05) is 79.7 Å². The summed E-state index contributed by atoms with van der Waals surface area (Å²) in [6.07, 6.45) is -4.39. The summed E-state index contributed by atoms with van der Waals surface area (Å²) in [5.41, 5.74) is 1.35. The van der Waals surface area contributed by atoms with Crippen LogP contribution in [0.5, 0.6) is 0 Å². The van der Waals surface area contributed by atoms with Crippen molar-refractivity contribution < 1.29 is 22.5 Å². The SMILES string of the molecule is C[C@@H](B1OC(C)(C)C(C)(C)O1)[C@H](c1ccc(C(F)(F)F)cc1)N(Cc1ccccc1)Cc1ccccc1. The van der Waals surface area contributed by atoms with Crippen molar-refractivity contribution in [3.8, 4) is 0 Å². The summed E-state index contributed by atoms with van der Waals surface area (Å²) >= 11 is 0. The lowest BCUT2D eigenvalue weighted by molar-refractivity contribution is -0.137. The van der Waals surface area contributed by atoms with E-state index in [1.807, 2.05) is 64.1 Å². The molecule has 0 spiro atoms.